The van der Waals surface area contributed by atoms with Crippen molar-refractivity contribution in [2.75, 3.05) is 44.7 Å². The van der Waals surface area contributed by atoms with E-state index in [1.165, 1.54) is 22.6 Å². The third-order valence-electron chi connectivity index (χ3n) is 6.89. The molecule has 3 heterocycles. The summed E-state index contributed by atoms with van der Waals surface area (Å²) in [6.07, 6.45) is 4.10. The van der Waals surface area contributed by atoms with E-state index < -0.39 is 0 Å². The van der Waals surface area contributed by atoms with E-state index in [4.69, 9.17) is 4.74 Å². The molecule has 0 aliphatic carbocycles. The zero-order valence-electron chi connectivity index (χ0n) is 18.0. The van der Waals surface area contributed by atoms with Crippen molar-refractivity contribution in [3.05, 3.63) is 59.2 Å². The second-order valence-electron chi connectivity index (χ2n) is 8.67. The standard InChI is InChI=1S/C25H29N3O3/c1-31-22-10-6-7-18-11-12-19-17-26(15-16-27(19)23(18)22)13-4-5-14-28-24(29)20-8-2-3-9-21(20)25(28)30/h2-3,6-10,19H,4-5,11-17H2,1H3/t19-/m1/s1. The molecule has 31 heavy (non-hydrogen) atoms. The van der Waals surface area contributed by atoms with Crippen molar-refractivity contribution < 1.29 is 14.3 Å². The zero-order chi connectivity index (χ0) is 21.4. The summed E-state index contributed by atoms with van der Waals surface area (Å²) >= 11 is 0. The molecule has 3 aliphatic heterocycles. The molecule has 1 atom stereocenters. The molecule has 3 aliphatic rings. The largest absolute Gasteiger partial charge is 0.495 e. The van der Waals surface area contributed by atoms with Crippen LogP contribution in [0.15, 0.2) is 42.5 Å². The first-order chi connectivity index (χ1) is 15.2. The number of carbonyl (C=O) groups excluding carboxylic acids is 2. The first kappa shape index (κ1) is 20.1. The van der Waals surface area contributed by atoms with Crippen LogP contribution in [0, 0.1) is 0 Å². The quantitative estimate of drug-likeness (QED) is 0.532. The monoisotopic (exact) mass is 419 g/mol. The third kappa shape index (κ3) is 3.59. The van der Waals surface area contributed by atoms with E-state index in [1.54, 1.807) is 19.2 Å². The number of nitrogens with zero attached hydrogens (tertiary/aromatic N) is 3. The topological polar surface area (TPSA) is 53.1 Å². The molecule has 2 aromatic rings. The van der Waals surface area contributed by atoms with Crippen molar-refractivity contribution in [2.45, 2.75) is 31.7 Å². The maximum absolute atomic E-state index is 12.5. The van der Waals surface area contributed by atoms with Gasteiger partial charge in [0.15, 0.2) is 0 Å². The highest BCUT2D eigenvalue weighted by atomic mass is 16.5. The molecule has 162 valence electrons. The molecule has 0 radical (unpaired) electrons. The summed E-state index contributed by atoms with van der Waals surface area (Å²) in [7, 11) is 1.75. The molecule has 1 saturated heterocycles. The van der Waals surface area contributed by atoms with Crippen LogP contribution >= 0.6 is 0 Å². The highest BCUT2D eigenvalue weighted by molar-refractivity contribution is 6.21. The average molecular weight is 420 g/mol. The van der Waals surface area contributed by atoms with E-state index in [2.05, 4.69) is 28.0 Å². The Morgan fingerprint density at radius 3 is 2.42 bits per heavy atom. The lowest BCUT2D eigenvalue weighted by atomic mass is 9.93. The minimum atomic E-state index is -0.149. The van der Waals surface area contributed by atoms with Gasteiger partial charge in [-0.3, -0.25) is 19.4 Å². The van der Waals surface area contributed by atoms with Crippen LogP contribution in [0.5, 0.6) is 5.75 Å². The van der Waals surface area contributed by atoms with Crippen LogP contribution in [0.1, 0.15) is 45.5 Å². The molecule has 2 aromatic carbocycles. The Morgan fingerprint density at radius 2 is 1.68 bits per heavy atom. The summed E-state index contributed by atoms with van der Waals surface area (Å²) in [5.74, 6) is 0.685. The van der Waals surface area contributed by atoms with E-state index in [0.29, 0.717) is 23.7 Å². The van der Waals surface area contributed by atoms with Gasteiger partial charge in [-0.15, -0.1) is 0 Å². The number of benzene rings is 2. The summed E-state index contributed by atoms with van der Waals surface area (Å²) in [5.41, 5.74) is 3.75. The molecule has 0 aromatic heterocycles. The molecule has 6 nitrogen and oxygen atoms in total. The Morgan fingerprint density at radius 1 is 0.935 bits per heavy atom. The number of imide groups is 1. The molecule has 0 unspecified atom stereocenters. The second-order valence-corrected chi connectivity index (χ2v) is 8.67. The van der Waals surface area contributed by atoms with E-state index in [1.807, 2.05) is 12.1 Å². The fraction of sp³-hybridized carbons (Fsp3) is 0.440. The van der Waals surface area contributed by atoms with Gasteiger partial charge in [-0.2, -0.15) is 0 Å². The molecule has 0 saturated carbocycles. The second kappa shape index (κ2) is 8.35. The highest BCUT2D eigenvalue weighted by Crippen LogP contribution is 2.39. The number of methoxy groups -OCH3 is 1. The number of amides is 2. The molecule has 0 N–H and O–H groups in total. The van der Waals surface area contributed by atoms with E-state index in [9.17, 15) is 9.59 Å². The number of para-hydroxylation sites is 1. The molecule has 0 spiro atoms. The fourth-order valence-electron chi connectivity index (χ4n) is 5.29. The van der Waals surface area contributed by atoms with E-state index >= 15 is 0 Å². The lowest BCUT2D eigenvalue weighted by molar-refractivity contribution is 0.0650. The summed E-state index contributed by atoms with van der Waals surface area (Å²) < 4.78 is 5.64. The van der Waals surface area contributed by atoms with Crippen molar-refractivity contribution in [1.82, 2.24) is 9.80 Å². The van der Waals surface area contributed by atoms with Gasteiger partial charge in [0.2, 0.25) is 0 Å². The van der Waals surface area contributed by atoms with Crippen molar-refractivity contribution in [3.8, 4) is 5.75 Å². The molecule has 1 fully saturated rings. The molecule has 6 heteroatoms. The number of fused-ring (bicyclic) bond motifs is 4. The van der Waals surface area contributed by atoms with Gasteiger partial charge >= 0.3 is 0 Å². The minimum absolute atomic E-state index is 0.149. The minimum Gasteiger partial charge on any atom is -0.495 e. The Balaban J connectivity index is 1.13. The number of hydrogen-bond donors (Lipinski definition) is 0. The maximum atomic E-state index is 12.5. The maximum Gasteiger partial charge on any atom is 0.261 e. The molecule has 5 rings (SSSR count). The predicted molar refractivity (Wildman–Crippen MR) is 120 cm³/mol. The van der Waals surface area contributed by atoms with Gasteiger partial charge in [0.25, 0.3) is 11.8 Å². The van der Waals surface area contributed by atoms with Gasteiger partial charge in [-0.25, -0.2) is 0 Å². The highest BCUT2D eigenvalue weighted by Gasteiger charge is 2.35. The van der Waals surface area contributed by atoms with Gasteiger partial charge in [-0.1, -0.05) is 24.3 Å². The number of unbranched alkanes of at least 4 members (excludes halogenated alkanes) is 1. The normalized spacial score (nSPS) is 20.5. The number of carbonyl (C=O) groups is 2. The van der Waals surface area contributed by atoms with Crippen LogP contribution in [0.25, 0.3) is 0 Å². The molecule has 0 bridgehead atoms. The van der Waals surface area contributed by atoms with Crippen molar-refractivity contribution in [1.29, 1.82) is 0 Å². The summed E-state index contributed by atoms with van der Waals surface area (Å²) in [4.78, 5) is 31.5. The summed E-state index contributed by atoms with van der Waals surface area (Å²) in [5, 5.41) is 0. The summed E-state index contributed by atoms with van der Waals surface area (Å²) in [6, 6.07) is 14.0. The number of anilines is 1. The van der Waals surface area contributed by atoms with Crippen LogP contribution in [0.3, 0.4) is 0 Å². The Hall–Kier alpha value is -2.86. The number of ether oxygens (including phenoxy) is 1. The SMILES string of the molecule is COc1cccc2c1N1CCN(CCCCN3C(=O)c4ccccc4C3=O)C[C@H]1CC2. The van der Waals surface area contributed by atoms with Gasteiger partial charge in [-0.05, 0) is 56.0 Å². The van der Waals surface area contributed by atoms with Gasteiger partial charge < -0.3 is 9.64 Å². The number of hydrogen-bond acceptors (Lipinski definition) is 5. The van der Waals surface area contributed by atoms with E-state index in [-0.39, 0.29) is 11.8 Å². The van der Waals surface area contributed by atoms with Crippen LogP contribution in [-0.2, 0) is 6.42 Å². The van der Waals surface area contributed by atoms with Crippen LogP contribution in [-0.4, -0.2) is 67.5 Å². The zero-order valence-corrected chi connectivity index (χ0v) is 18.0. The van der Waals surface area contributed by atoms with Crippen molar-refractivity contribution >= 4 is 17.5 Å². The fourth-order valence-corrected chi connectivity index (χ4v) is 5.29. The average Bonchev–Trinajstić information content (AvgIpc) is 3.06. The van der Waals surface area contributed by atoms with E-state index in [0.717, 1.165) is 51.2 Å². The van der Waals surface area contributed by atoms with Crippen molar-refractivity contribution in [2.24, 2.45) is 0 Å². The van der Waals surface area contributed by atoms with Gasteiger partial charge in [0.05, 0.1) is 23.9 Å². The molecular weight excluding hydrogens is 390 g/mol. The number of rotatable bonds is 6. The lowest BCUT2D eigenvalue weighted by Gasteiger charge is -2.46. The number of aryl methyl sites for hydroxylation is 1. The molecule has 2 amide bonds. The van der Waals surface area contributed by atoms with Crippen LogP contribution < -0.4 is 9.64 Å². The Labute approximate surface area is 183 Å². The first-order valence-corrected chi connectivity index (χ1v) is 11.3. The Kier molecular flexibility index (Phi) is 5.40. The Bertz CT molecular complexity index is 956. The summed E-state index contributed by atoms with van der Waals surface area (Å²) in [6.45, 7) is 4.61. The van der Waals surface area contributed by atoms with Crippen LogP contribution in [0.4, 0.5) is 5.69 Å². The van der Waals surface area contributed by atoms with Gasteiger partial charge in [0.1, 0.15) is 5.75 Å². The molecular formula is C25H29N3O3. The number of piperazine rings is 1. The lowest BCUT2D eigenvalue weighted by Crippen LogP contribution is -2.55. The first-order valence-electron chi connectivity index (χ1n) is 11.3. The third-order valence-corrected chi connectivity index (χ3v) is 6.89. The van der Waals surface area contributed by atoms with Crippen LogP contribution in [0.2, 0.25) is 0 Å². The predicted octanol–water partition coefficient (Wildman–Crippen LogP) is 3.21. The van der Waals surface area contributed by atoms with Gasteiger partial charge in [0, 0.05) is 32.2 Å². The van der Waals surface area contributed by atoms with Crippen molar-refractivity contribution in [3.63, 3.8) is 0 Å². The smallest absolute Gasteiger partial charge is 0.261 e.